The number of benzene rings is 1. The van der Waals surface area contributed by atoms with E-state index in [9.17, 15) is 9.90 Å². The Morgan fingerprint density at radius 2 is 1.88 bits per heavy atom. The Morgan fingerprint density at radius 3 is 2.62 bits per heavy atom. The highest BCUT2D eigenvalue weighted by molar-refractivity contribution is 8.27. The van der Waals surface area contributed by atoms with Crippen molar-refractivity contribution >= 4 is 39.8 Å². The maximum atomic E-state index is 12.8. The summed E-state index contributed by atoms with van der Waals surface area (Å²) in [5, 5.41) is 25.8. The second kappa shape index (κ2) is 7.61. The van der Waals surface area contributed by atoms with Crippen LogP contribution in [0.5, 0.6) is 5.75 Å². The number of phenolic OH excluding ortho intramolecular Hbond substituents is 1. The predicted molar refractivity (Wildman–Crippen MR) is 125 cm³/mol. The first-order chi connectivity index (χ1) is 15.4. The van der Waals surface area contributed by atoms with Crippen molar-refractivity contribution in [1.29, 1.82) is 5.41 Å². The number of aryl methyl sites for hydroxylation is 1. The molecular weight excluding hydrogens is 424 g/mol. The molecule has 4 heterocycles. The number of phenols is 1. The quantitative estimate of drug-likeness (QED) is 0.599. The van der Waals surface area contributed by atoms with E-state index >= 15 is 0 Å². The summed E-state index contributed by atoms with van der Waals surface area (Å²) in [5.41, 5.74) is 4.15. The van der Waals surface area contributed by atoms with Gasteiger partial charge >= 0.3 is 0 Å². The number of carbonyl (C=O) groups excluding carboxylic acids is 1. The van der Waals surface area contributed by atoms with Crippen LogP contribution in [0, 0.1) is 19.3 Å². The van der Waals surface area contributed by atoms with E-state index in [0.717, 1.165) is 22.5 Å². The molecule has 5 rings (SSSR count). The Labute approximate surface area is 188 Å². The number of thioether (sulfide) groups is 1. The summed E-state index contributed by atoms with van der Waals surface area (Å²) < 4.78 is 1.92. The Hall–Kier alpha value is -3.98. The summed E-state index contributed by atoms with van der Waals surface area (Å²) in [5.74, 6) is -0.340. The third kappa shape index (κ3) is 3.23. The second-order valence-electron chi connectivity index (χ2n) is 7.31. The molecule has 32 heavy (non-hydrogen) atoms. The smallest absolute Gasteiger partial charge is 0.283 e. The van der Waals surface area contributed by atoms with E-state index in [4.69, 9.17) is 5.41 Å². The Bertz CT molecular complexity index is 1370. The molecule has 0 saturated carbocycles. The first kappa shape index (κ1) is 20.0. The number of para-hydroxylation sites is 2. The standard InChI is InChI=1S/C23H18N6O2S/c1-13-11-16(14(2)28(13)18-5-3-4-6-19(18)30)12-17-20(24)29-23(26-21(17)31)32-22(27-29)15-7-9-25-10-8-15/h3-12,24,30H,1-2H3. The van der Waals surface area contributed by atoms with Gasteiger partial charge in [0.05, 0.1) is 11.3 Å². The zero-order chi connectivity index (χ0) is 22.4. The molecule has 0 unspecified atom stereocenters. The number of hydrogen-bond acceptors (Lipinski definition) is 6. The molecule has 8 nitrogen and oxygen atoms in total. The molecule has 0 spiro atoms. The number of amidine groups is 2. The number of nitrogens with zero attached hydrogens (tertiary/aromatic N) is 5. The van der Waals surface area contributed by atoms with Gasteiger partial charge in [0.25, 0.3) is 5.91 Å². The monoisotopic (exact) mass is 442 g/mol. The van der Waals surface area contributed by atoms with Gasteiger partial charge < -0.3 is 9.67 Å². The topological polar surface area (TPSA) is 107 Å². The van der Waals surface area contributed by atoms with Crippen molar-refractivity contribution in [2.24, 2.45) is 10.1 Å². The molecule has 158 valence electrons. The fourth-order valence-corrected chi connectivity index (χ4v) is 4.61. The van der Waals surface area contributed by atoms with Gasteiger partial charge in [-0.2, -0.15) is 15.1 Å². The number of hydrogen-bond donors (Lipinski definition) is 2. The highest BCUT2D eigenvalue weighted by atomic mass is 32.2. The van der Waals surface area contributed by atoms with Crippen LogP contribution in [0.15, 0.2) is 70.5 Å². The van der Waals surface area contributed by atoms with Gasteiger partial charge in [-0.3, -0.25) is 15.2 Å². The predicted octanol–water partition coefficient (Wildman–Crippen LogP) is 3.86. The zero-order valence-electron chi connectivity index (χ0n) is 17.3. The number of hydrazone groups is 1. The number of aromatic hydroxyl groups is 1. The summed E-state index contributed by atoms with van der Waals surface area (Å²) in [4.78, 5) is 20.9. The van der Waals surface area contributed by atoms with Gasteiger partial charge in [-0.1, -0.05) is 12.1 Å². The van der Waals surface area contributed by atoms with Crippen LogP contribution in [0.2, 0.25) is 0 Å². The lowest BCUT2D eigenvalue weighted by Crippen LogP contribution is -2.35. The molecule has 0 bridgehead atoms. The molecule has 1 aromatic carbocycles. The lowest BCUT2D eigenvalue weighted by molar-refractivity contribution is -0.114. The molecule has 0 saturated heterocycles. The maximum absolute atomic E-state index is 12.8. The van der Waals surface area contributed by atoms with E-state index in [0.29, 0.717) is 15.9 Å². The van der Waals surface area contributed by atoms with E-state index in [2.05, 4.69) is 15.1 Å². The van der Waals surface area contributed by atoms with Crippen molar-refractivity contribution in [3.8, 4) is 11.4 Å². The van der Waals surface area contributed by atoms with Crippen molar-refractivity contribution in [3.63, 3.8) is 0 Å². The third-order valence-corrected chi connectivity index (χ3v) is 6.23. The summed E-state index contributed by atoms with van der Waals surface area (Å²) in [6, 6.07) is 12.6. The number of aromatic nitrogens is 2. The third-order valence-electron chi connectivity index (χ3n) is 5.27. The van der Waals surface area contributed by atoms with Crippen LogP contribution in [0.25, 0.3) is 11.8 Å². The van der Waals surface area contributed by atoms with Crippen LogP contribution < -0.4 is 0 Å². The molecule has 0 fully saturated rings. The van der Waals surface area contributed by atoms with Crippen molar-refractivity contribution in [3.05, 3.63) is 82.9 Å². The van der Waals surface area contributed by atoms with Gasteiger partial charge in [0.15, 0.2) is 5.84 Å². The normalized spacial score (nSPS) is 16.9. The molecule has 9 heteroatoms. The van der Waals surface area contributed by atoms with Crippen LogP contribution in [-0.2, 0) is 4.79 Å². The van der Waals surface area contributed by atoms with Crippen LogP contribution in [0.1, 0.15) is 22.5 Å². The van der Waals surface area contributed by atoms with Crippen molar-refractivity contribution in [2.45, 2.75) is 13.8 Å². The molecule has 2 aromatic heterocycles. The average Bonchev–Trinajstić information content (AvgIpc) is 3.33. The van der Waals surface area contributed by atoms with E-state index in [-0.39, 0.29) is 17.2 Å². The number of aliphatic imine (C=N–C) groups is 1. The Kier molecular flexibility index (Phi) is 4.75. The van der Waals surface area contributed by atoms with Gasteiger partial charge in [-0.15, -0.1) is 0 Å². The van der Waals surface area contributed by atoms with Gasteiger partial charge in [0, 0.05) is 29.3 Å². The highest BCUT2D eigenvalue weighted by Crippen LogP contribution is 2.32. The molecule has 1 amide bonds. The molecule has 0 aliphatic carbocycles. The van der Waals surface area contributed by atoms with Crippen LogP contribution >= 0.6 is 11.8 Å². The summed E-state index contributed by atoms with van der Waals surface area (Å²) in [6.45, 7) is 3.83. The molecule has 0 radical (unpaired) electrons. The number of pyridine rings is 1. The van der Waals surface area contributed by atoms with E-state index in [1.54, 1.807) is 30.6 Å². The fourth-order valence-electron chi connectivity index (χ4n) is 3.72. The van der Waals surface area contributed by atoms with Crippen molar-refractivity contribution in [1.82, 2.24) is 14.6 Å². The molecule has 0 atom stereocenters. The van der Waals surface area contributed by atoms with Gasteiger partial charge in [0.1, 0.15) is 10.8 Å². The first-order valence-electron chi connectivity index (χ1n) is 9.82. The minimum atomic E-state index is -0.479. The number of amides is 1. The minimum absolute atomic E-state index is 0.0242. The van der Waals surface area contributed by atoms with E-state index < -0.39 is 5.91 Å². The number of carbonyl (C=O) groups is 1. The first-order valence-corrected chi connectivity index (χ1v) is 10.6. The molecule has 2 aliphatic heterocycles. The summed E-state index contributed by atoms with van der Waals surface area (Å²) in [7, 11) is 0. The van der Waals surface area contributed by atoms with E-state index in [1.165, 1.54) is 16.8 Å². The van der Waals surface area contributed by atoms with Gasteiger partial charge in [-0.05, 0) is 67.6 Å². The Balaban J connectivity index is 1.53. The number of fused-ring (bicyclic) bond motifs is 1. The summed E-state index contributed by atoms with van der Waals surface area (Å²) in [6.07, 6.45) is 4.99. The van der Waals surface area contributed by atoms with Crippen LogP contribution in [-0.4, -0.2) is 41.6 Å². The van der Waals surface area contributed by atoms with Gasteiger partial charge in [0.2, 0.25) is 5.17 Å². The van der Waals surface area contributed by atoms with Crippen LogP contribution in [0.4, 0.5) is 0 Å². The Morgan fingerprint density at radius 1 is 1.12 bits per heavy atom. The second-order valence-corrected chi connectivity index (χ2v) is 8.27. The van der Waals surface area contributed by atoms with Crippen LogP contribution in [0.3, 0.4) is 0 Å². The number of rotatable bonds is 3. The molecule has 2 N–H and O–H groups in total. The summed E-state index contributed by atoms with van der Waals surface area (Å²) >= 11 is 1.25. The number of nitrogens with one attached hydrogen (secondary N) is 1. The molecule has 2 aliphatic rings. The minimum Gasteiger partial charge on any atom is -0.506 e. The van der Waals surface area contributed by atoms with Crippen molar-refractivity contribution in [2.75, 3.05) is 0 Å². The lowest BCUT2D eigenvalue weighted by Gasteiger charge is -2.20. The highest BCUT2D eigenvalue weighted by Gasteiger charge is 2.36. The fraction of sp³-hybridized carbons (Fsp3) is 0.0870. The average molecular weight is 443 g/mol. The van der Waals surface area contributed by atoms with Gasteiger partial charge in [-0.25, -0.2) is 0 Å². The SMILES string of the molecule is Cc1cc(C=C2C(=N)N3N=C(c4ccncc4)SC3=NC2=O)c(C)n1-c1ccccc1O. The molecular formula is C23H18N6O2S. The molecule has 3 aromatic rings. The van der Waals surface area contributed by atoms with Crippen molar-refractivity contribution < 1.29 is 9.90 Å². The largest absolute Gasteiger partial charge is 0.506 e. The zero-order valence-corrected chi connectivity index (χ0v) is 18.1. The maximum Gasteiger partial charge on any atom is 0.283 e. The lowest BCUT2D eigenvalue weighted by atomic mass is 10.1. The van der Waals surface area contributed by atoms with E-state index in [1.807, 2.05) is 48.7 Å².